The third kappa shape index (κ3) is 10.5. The molecule has 0 amide bonds. The Morgan fingerprint density at radius 1 is 0.701 bits per heavy atom. The lowest BCUT2D eigenvalue weighted by Crippen LogP contribution is -2.27. The smallest absolute Gasteiger partial charge is 0.159 e. The van der Waals surface area contributed by atoms with E-state index in [1.807, 2.05) is 24.3 Å². The predicted octanol–water partition coefficient (Wildman–Crippen LogP) is 20.8. The second-order valence-electron chi connectivity index (χ2n) is 21.4. The Balaban J connectivity index is 1.32. The number of benzene rings is 6. The molecular formula is C73H80N2O2. The van der Waals surface area contributed by atoms with Gasteiger partial charge in [-0.05, 0) is 164 Å². The first kappa shape index (κ1) is 54.2. The van der Waals surface area contributed by atoms with Gasteiger partial charge in [0.1, 0.15) is 11.3 Å². The summed E-state index contributed by atoms with van der Waals surface area (Å²) < 4.78 is 14.0. The third-order valence-corrected chi connectivity index (χ3v) is 16.5. The highest BCUT2D eigenvalue weighted by molar-refractivity contribution is 6.19. The molecular weight excluding hydrogens is 937 g/mol. The topological polar surface area (TPSA) is 32.8 Å². The molecule has 1 aliphatic rings. The Labute approximate surface area is 459 Å². The molecule has 9 rings (SSSR count). The number of furan rings is 2. The number of fused-ring (bicyclic) bond motifs is 6. The number of allylic oxidation sites excluding steroid dienone is 8. The maximum atomic E-state index is 7.05. The van der Waals surface area contributed by atoms with Crippen molar-refractivity contribution in [1.82, 2.24) is 0 Å². The number of anilines is 4. The van der Waals surface area contributed by atoms with Gasteiger partial charge in [0.15, 0.2) is 11.0 Å². The van der Waals surface area contributed by atoms with Gasteiger partial charge >= 0.3 is 0 Å². The number of nitrogens with zero attached hydrogens (tertiary/aromatic N) is 2. The molecule has 1 saturated carbocycles. The molecule has 0 spiro atoms. The highest BCUT2D eigenvalue weighted by Crippen LogP contribution is 2.48. The summed E-state index contributed by atoms with van der Waals surface area (Å²) in [5.41, 5.74) is 15.9. The fourth-order valence-electron chi connectivity index (χ4n) is 12.4. The van der Waals surface area contributed by atoms with Crippen LogP contribution < -0.4 is 20.4 Å². The summed E-state index contributed by atoms with van der Waals surface area (Å²) in [4.78, 5) is 4.75. The van der Waals surface area contributed by atoms with E-state index >= 15 is 0 Å². The lowest BCUT2D eigenvalue weighted by atomic mass is 9.83. The van der Waals surface area contributed by atoms with Gasteiger partial charge in [0, 0.05) is 44.0 Å². The summed E-state index contributed by atoms with van der Waals surface area (Å²) in [6, 6.07) is 36.0. The Hall–Kier alpha value is -7.56. The van der Waals surface area contributed by atoms with E-state index in [1.165, 1.54) is 67.9 Å². The van der Waals surface area contributed by atoms with Crippen molar-refractivity contribution in [3.05, 3.63) is 209 Å². The summed E-state index contributed by atoms with van der Waals surface area (Å²) in [5.74, 6) is 2.16. The van der Waals surface area contributed by atoms with Crippen LogP contribution in [-0.2, 0) is 0 Å². The van der Waals surface area contributed by atoms with E-state index in [0.29, 0.717) is 11.8 Å². The third-order valence-electron chi connectivity index (χ3n) is 16.5. The first-order valence-electron chi connectivity index (χ1n) is 28.5. The van der Waals surface area contributed by atoms with Crippen molar-refractivity contribution in [3.8, 4) is 0 Å². The van der Waals surface area contributed by atoms with Crippen LogP contribution in [0.2, 0.25) is 0 Å². The van der Waals surface area contributed by atoms with Crippen LogP contribution in [0.3, 0.4) is 0 Å². The molecule has 2 aromatic heterocycles. The highest BCUT2D eigenvalue weighted by atomic mass is 16.3. The van der Waals surface area contributed by atoms with Gasteiger partial charge in [0.25, 0.3) is 0 Å². The van der Waals surface area contributed by atoms with Gasteiger partial charge in [0.05, 0.1) is 17.6 Å². The molecule has 0 bridgehead atoms. The molecule has 77 heavy (non-hydrogen) atoms. The van der Waals surface area contributed by atoms with E-state index in [2.05, 4.69) is 225 Å². The number of aryl methyl sites for hydroxylation is 2. The summed E-state index contributed by atoms with van der Waals surface area (Å²) in [7, 11) is 0. The molecule has 1 aliphatic carbocycles. The molecule has 6 aromatic carbocycles. The zero-order valence-electron chi connectivity index (χ0n) is 47.4. The van der Waals surface area contributed by atoms with Gasteiger partial charge in [-0.2, -0.15) is 0 Å². The lowest BCUT2D eigenvalue weighted by Gasteiger charge is -2.29. The van der Waals surface area contributed by atoms with Gasteiger partial charge in [-0.1, -0.05) is 195 Å². The van der Waals surface area contributed by atoms with E-state index < -0.39 is 0 Å². The Morgan fingerprint density at radius 2 is 1.43 bits per heavy atom. The molecule has 4 nitrogen and oxygen atoms in total. The van der Waals surface area contributed by atoms with Crippen LogP contribution in [0, 0.1) is 25.7 Å². The molecule has 0 N–H and O–H groups in total. The van der Waals surface area contributed by atoms with Gasteiger partial charge in [-0.25, -0.2) is 0 Å². The first-order chi connectivity index (χ1) is 37.5. The normalized spacial score (nSPS) is 15.0. The summed E-state index contributed by atoms with van der Waals surface area (Å²) >= 11 is 0. The van der Waals surface area contributed by atoms with Gasteiger partial charge in [-0.3, -0.25) is 0 Å². The number of unbranched alkanes of at least 4 members (excludes halogenated alkanes) is 1. The van der Waals surface area contributed by atoms with Crippen LogP contribution in [0.15, 0.2) is 173 Å². The zero-order chi connectivity index (χ0) is 54.3. The second kappa shape index (κ2) is 24.2. The summed E-state index contributed by atoms with van der Waals surface area (Å²) in [6.07, 6.45) is 32.4. The quantitative estimate of drug-likeness (QED) is 0.0597. The van der Waals surface area contributed by atoms with Crippen molar-refractivity contribution in [2.75, 3.05) is 9.80 Å². The van der Waals surface area contributed by atoms with E-state index in [0.717, 1.165) is 117 Å². The van der Waals surface area contributed by atoms with E-state index in [9.17, 15) is 0 Å². The van der Waals surface area contributed by atoms with Crippen LogP contribution in [0.25, 0.3) is 73.5 Å². The molecule has 0 radical (unpaired) electrons. The van der Waals surface area contributed by atoms with E-state index in [1.54, 1.807) is 0 Å². The monoisotopic (exact) mass is 1020 g/mol. The van der Waals surface area contributed by atoms with E-state index in [4.69, 9.17) is 8.83 Å². The van der Waals surface area contributed by atoms with Crippen LogP contribution in [0.1, 0.15) is 146 Å². The average molecular weight is 1020 g/mol. The molecule has 2 heterocycles. The molecule has 394 valence electrons. The highest BCUT2D eigenvalue weighted by Gasteiger charge is 2.25. The molecule has 1 fully saturated rings. The largest absolute Gasteiger partial charge is 0.454 e. The fraction of sp³-hybridized carbons (Fsp3) is 0.288. The van der Waals surface area contributed by atoms with Crippen molar-refractivity contribution in [2.24, 2.45) is 11.8 Å². The molecule has 1 atom stereocenters. The van der Waals surface area contributed by atoms with E-state index in [-0.39, 0.29) is 5.92 Å². The van der Waals surface area contributed by atoms with Crippen LogP contribution in [-0.4, -0.2) is 0 Å². The SMILES string of the molecule is C=C/C=c1/c(C=C)c(/C(=C\C)C(C)C)o/c1=C\N(C(/C=C\C(=C/C)C1CCCCC1)=C/C)c1ccc2ccc3c(N(c4ccc(C(CC)CCCC)cc4)c4cccc5c4oc4c(C)cccc45)ccc(C=C)c3c2c1C. The lowest BCUT2D eigenvalue weighted by molar-refractivity contribution is 0.408. The second-order valence-corrected chi connectivity index (χ2v) is 21.4. The zero-order valence-corrected chi connectivity index (χ0v) is 47.4. The van der Waals surface area contributed by atoms with Crippen molar-refractivity contribution in [1.29, 1.82) is 0 Å². The minimum absolute atomic E-state index is 0.244. The number of rotatable bonds is 19. The number of para-hydroxylation sites is 2. The van der Waals surface area contributed by atoms with Crippen LogP contribution in [0.4, 0.5) is 22.7 Å². The molecule has 8 aromatic rings. The first-order valence-corrected chi connectivity index (χ1v) is 28.5. The average Bonchev–Trinajstić information content (AvgIpc) is 4.04. The fourth-order valence-corrected chi connectivity index (χ4v) is 12.4. The van der Waals surface area contributed by atoms with Gasteiger partial charge in [0.2, 0.25) is 0 Å². The maximum absolute atomic E-state index is 7.05. The number of hydrogen-bond donors (Lipinski definition) is 0. The van der Waals surface area contributed by atoms with Gasteiger partial charge in [-0.15, -0.1) is 0 Å². The minimum atomic E-state index is 0.244. The Bertz CT molecular complexity index is 3740. The molecule has 0 aliphatic heterocycles. The maximum Gasteiger partial charge on any atom is 0.159 e. The predicted molar refractivity (Wildman–Crippen MR) is 337 cm³/mol. The van der Waals surface area contributed by atoms with Crippen molar-refractivity contribution >= 4 is 96.2 Å². The van der Waals surface area contributed by atoms with Crippen molar-refractivity contribution < 1.29 is 8.83 Å². The Kier molecular flexibility index (Phi) is 17.0. The summed E-state index contributed by atoms with van der Waals surface area (Å²) in [5, 5.41) is 7.74. The molecule has 4 heteroatoms. The molecule has 0 saturated heterocycles. The Morgan fingerprint density at radius 3 is 2.09 bits per heavy atom. The standard InChI is InChI=1S/C73H80N2O2/c1-13-21-29-51(15-3)55-36-42-58(43-37-55)75(67-34-26-33-63-62-32-25-28-49(11)71(62)77-73(63)67)66-46-39-53(17-5)70-64(66)44-38-56-40-45-65(50(12)69(56)70)74(57(18-6)41-35-52(16-4)54-30-23-22-24-31-54)47-68-61(27-14-2)60(20-8)72(76-68)59(19-7)48(9)10/h14,16-20,25-28,32-48,51,54H,2,5,8,13,15,21-24,29-31H2,1,3-4,6-7,9-12H3/b41-35-,52-16+,57-18+,59-19-,61-27-,68-47-. The van der Waals surface area contributed by atoms with Crippen molar-refractivity contribution in [2.45, 2.75) is 126 Å². The minimum Gasteiger partial charge on any atom is -0.454 e. The number of hydrogen-bond acceptors (Lipinski definition) is 4. The van der Waals surface area contributed by atoms with Crippen molar-refractivity contribution in [3.63, 3.8) is 0 Å². The summed E-state index contributed by atoms with van der Waals surface area (Å²) in [6.45, 7) is 32.8. The van der Waals surface area contributed by atoms with Crippen LogP contribution in [0.5, 0.6) is 0 Å². The van der Waals surface area contributed by atoms with Crippen LogP contribution >= 0.6 is 0 Å². The van der Waals surface area contributed by atoms with Gasteiger partial charge < -0.3 is 18.6 Å². The molecule has 1 unspecified atom stereocenters.